The number of rotatable bonds is 2. The molecule has 1 heterocycles. The normalized spacial score (nSPS) is 46.4. The number of ketones is 2. The topological polar surface area (TPSA) is 101 Å². The number of fused-ring (bicyclic) bond motifs is 2. The molecule has 142 valence electrons. The Morgan fingerprint density at radius 2 is 1.88 bits per heavy atom. The lowest BCUT2D eigenvalue weighted by molar-refractivity contribution is -0.205. The first-order chi connectivity index (χ1) is 12.3. The third-order valence-corrected chi connectivity index (χ3v) is 7.80. The van der Waals surface area contributed by atoms with E-state index in [0.29, 0.717) is 19.3 Å². The summed E-state index contributed by atoms with van der Waals surface area (Å²) in [6, 6.07) is 0. The molecule has 0 radical (unpaired) electrons. The van der Waals surface area contributed by atoms with E-state index in [1.165, 1.54) is 6.08 Å². The van der Waals surface area contributed by atoms with E-state index in [1.807, 2.05) is 19.9 Å². The first-order valence-electron chi connectivity index (χ1n) is 9.42. The zero-order valence-corrected chi connectivity index (χ0v) is 15.2. The van der Waals surface area contributed by atoms with Crippen LogP contribution in [0.1, 0.15) is 33.1 Å². The fraction of sp³-hybridized carbons (Fsp3) is 0.750. The van der Waals surface area contributed by atoms with Crippen LogP contribution >= 0.6 is 0 Å². The Hall–Kier alpha value is -1.53. The van der Waals surface area contributed by atoms with Gasteiger partial charge in [-0.3, -0.25) is 14.4 Å². The number of aliphatic hydroxyl groups excluding tert-OH is 2. The molecule has 3 fully saturated rings. The van der Waals surface area contributed by atoms with Gasteiger partial charge in [-0.05, 0) is 42.6 Å². The monoisotopic (exact) mass is 362 g/mol. The lowest BCUT2D eigenvalue weighted by Gasteiger charge is -2.58. The van der Waals surface area contributed by atoms with Gasteiger partial charge in [-0.2, -0.15) is 0 Å². The van der Waals surface area contributed by atoms with E-state index in [1.54, 1.807) is 0 Å². The average Bonchev–Trinajstić information content (AvgIpc) is 2.82. The Kier molecular flexibility index (Phi) is 3.77. The average molecular weight is 362 g/mol. The molecule has 3 aliphatic carbocycles. The summed E-state index contributed by atoms with van der Waals surface area (Å²) >= 11 is 0. The number of hydrogen-bond donors (Lipinski definition) is 2. The summed E-state index contributed by atoms with van der Waals surface area (Å²) in [7, 11) is 0. The second kappa shape index (κ2) is 5.49. The van der Waals surface area contributed by atoms with Crippen molar-refractivity contribution < 1.29 is 29.3 Å². The van der Waals surface area contributed by atoms with Crippen molar-refractivity contribution in [1.29, 1.82) is 0 Å². The van der Waals surface area contributed by atoms with Crippen LogP contribution in [0.2, 0.25) is 0 Å². The molecule has 6 nitrogen and oxygen atoms in total. The van der Waals surface area contributed by atoms with Crippen LogP contribution in [0, 0.1) is 39.9 Å². The molecule has 2 spiro atoms. The third-order valence-electron chi connectivity index (χ3n) is 7.80. The van der Waals surface area contributed by atoms with Gasteiger partial charge in [0.15, 0.2) is 11.6 Å². The van der Waals surface area contributed by atoms with Crippen LogP contribution in [0.25, 0.3) is 0 Å². The van der Waals surface area contributed by atoms with Crippen molar-refractivity contribution in [2.24, 2.45) is 39.9 Å². The largest absolute Gasteiger partial charge is 0.464 e. The summed E-state index contributed by atoms with van der Waals surface area (Å²) < 4.78 is 5.51. The third kappa shape index (κ3) is 1.87. The maximum absolute atomic E-state index is 13.2. The number of esters is 1. The molecule has 6 atom stereocenters. The number of hydrogen-bond acceptors (Lipinski definition) is 6. The van der Waals surface area contributed by atoms with Crippen molar-refractivity contribution in [1.82, 2.24) is 0 Å². The highest BCUT2D eigenvalue weighted by molar-refractivity contribution is 6.10. The number of allylic oxidation sites excluding steroid dienone is 2. The molecule has 2 N–H and O–H groups in total. The van der Waals surface area contributed by atoms with Crippen molar-refractivity contribution in [3.63, 3.8) is 0 Å². The number of carbonyl (C=O) groups is 3. The minimum atomic E-state index is -1.35. The Morgan fingerprint density at radius 3 is 2.54 bits per heavy atom. The molecule has 6 heteroatoms. The van der Waals surface area contributed by atoms with Crippen molar-refractivity contribution in [3.05, 3.63) is 12.2 Å². The SMILES string of the molecule is CC1(C)C=CC(=O)[C@]2(COC(=O)[C@]34C[C@@H](CC[C@H]32)[C@H](CO)C4=O)[C@@H]1CO. The van der Waals surface area contributed by atoms with E-state index < -0.39 is 40.0 Å². The van der Waals surface area contributed by atoms with Crippen LogP contribution in [0.5, 0.6) is 0 Å². The number of aliphatic hydroxyl groups is 2. The number of carbonyl (C=O) groups excluding carboxylic acids is 3. The summed E-state index contributed by atoms with van der Waals surface area (Å²) in [5.74, 6) is -2.49. The first kappa shape index (κ1) is 17.9. The van der Waals surface area contributed by atoms with Crippen LogP contribution in [0.3, 0.4) is 0 Å². The van der Waals surface area contributed by atoms with E-state index in [9.17, 15) is 24.6 Å². The smallest absolute Gasteiger partial charge is 0.320 e. The van der Waals surface area contributed by atoms with Crippen molar-refractivity contribution in [2.45, 2.75) is 33.1 Å². The minimum Gasteiger partial charge on any atom is -0.464 e. The highest BCUT2D eigenvalue weighted by Gasteiger charge is 2.74. The number of Topliss-reactive ketones (excluding diaryl/α,β-unsaturated/α-hetero) is 1. The molecule has 0 unspecified atom stereocenters. The Bertz CT molecular complexity index is 709. The van der Waals surface area contributed by atoms with E-state index in [4.69, 9.17) is 4.74 Å². The van der Waals surface area contributed by atoms with Crippen molar-refractivity contribution in [3.8, 4) is 0 Å². The summed E-state index contributed by atoms with van der Waals surface area (Å²) in [4.78, 5) is 39.2. The van der Waals surface area contributed by atoms with Crippen molar-refractivity contribution in [2.75, 3.05) is 19.8 Å². The fourth-order valence-corrected chi connectivity index (χ4v) is 6.50. The Balaban J connectivity index is 1.90. The molecule has 0 aromatic heterocycles. The molecular weight excluding hydrogens is 336 g/mol. The summed E-state index contributed by atoms with van der Waals surface area (Å²) in [6.07, 6.45) is 4.96. The molecule has 4 aliphatic rings. The molecule has 4 rings (SSSR count). The number of cyclic esters (lactones) is 1. The van der Waals surface area contributed by atoms with Gasteiger partial charge in [-0.1, -0.05) is 19.9 Å². The van der Waals surface area contributed by atoms with Gasteiger partial charge in [0.1, 0.15) is 12.0 Å². The molecule has 26 heavy (non-hydrogen) atoms. The summed E-state index contributed by atoms with van der Waals surface area (Å²) in [5.41, 5.74) is -2.88. The van der Waals surface area contributed by atoms with Gasteiger partial charge >= 0.3 is 5.97 Å². The van der Waals surface area contributed by atoms with Gasteiger partial charge in [0.2, 0.25) is 0 Å². The highest BCUT2D eigenvalue weighted by atomic mass is 16.5. The first-order valence-corrected chi connectivity index (χ1v) is 9.42. The molecule has 2 bridgehead atoms. The van der Waals surface area contributed by atoms with Gasteiger partial charge in [-0.15, -0.1) is 0 Å². The Morgan fingerprint density at radius 1 is 1.15 bits per heavy atom. The highest BCUT2D eigenvalue weighted by Crippen LogP contribution is 2.66. The zero-order valence-electron chi connectivity index (χ0n) is 15.2. The maximum atomic E-state index is 13.2. The minimum absolute atomic E-state index is 0.0405. The van der Waals surface area contributed by atoms with Gasteiger partial charge < -0.3 is 14.9 Å². The van der Waals surface area contributed by atoms with Gasteiger partial charge in [0.05, 0.1) is 12.0 Å². The molecule has 1 aliphatic heterocycles. The summed E-state index contributed by atoms with van der Waals surface area (Å²) in [5, 5.41) is 19.9. The Labute approximate surface area is 152 Å². The van der Waals surface area contributed by atoms with E-state index in [0.717, 1.165) is 0 Å². The van der Waals surface area contributed by atoms with E-state index in [-0.39, 0.29) is 37.3 Å². The standard InChI is InChI=1S/C20H26O6/c1-18(2)6-5-15(23)20(14(18)9-22)10-26-17(25)19-7-11(3-4-13(19)20)12(8-21)16(19)24/h5-6,11-14,21-22H,3-4,7-10H2,1-2H3/t11-,12+,13-,14-,19-,20+/m1/s1. The summed E-state index contributed by atoms with van der Waals surface area (Å²) in [6.45, 7) is 3.34. The molecule has 2 saturated carbocycles. The number of ether oxygens (including phenoxy) is 1. The van der Waals surface area contributed by atoms with Gasteiger partial charge in [0.25, 0.3) is 0 Å². The lowest BCUT2D eigenvalue weighted by atomic mass is 9.46. The van der Waals surface area contributed by atoms with Crippen molar-refractivity contribution >= 4 is 17.5 Å². The van der Waals surface area contributed by atoms with Crippen LogP contribution < -0.4 is 0 Å². The second-order valence-electron chi connectivity index (χ2n) is 9.09. The molecule has 0 aromatic carbocycles. The van der Waals surface area contributed by atoms with Crippen LogP contribution in [-0.2, 0) is 19.1 Å². The van der Waals surface area contributed by atoms with E-state index >= 15 is 0 Å². The lowest BCUT2D eigenvalue weighted by Crippen LogP contribution is -2.66. The van der Waals surface area contributed by atoms with Gasteiger partial charge in [0, 0.05) is 18.4 Å². The fourth-order valence-electron chi connectivity index (χ4n) is 6.50. The van der Waals surface area contributed by atoms with Crippen LogP contribution in [0.15, 0.2) is 12.2 Å². The molecule has 1 saturated heterocycles. The van der Waals surface area contributed by atoms with E-state index in [2.05, 4.69) is 0 Å². The predicted molar refractivity (Wildman–Crippen MR) is 90.7 cm³/mol. The molecule has 0 aromatic rings. The second-order valence-corrected chi connectivity index (χ2v) is 9.09. The predicted octanol–water partition coefficient (Wildman–Crippen LogP) is 0.897. The zero-order chi connectivity index (χ0) is 18.9. The van der Waals surface area contributed by atoms with Gasteiger partial charge in [-0.25, -0.2) is 0 Å². The molecular formula is C20H26O6. The maximum Gasteiger partial charge on any atom is 0.320 e. The van der Waals surface area contributed by atoms with Crippen LogP contribution in [-0.4, -0.2) is 47.6 Å². The molecule has 0 amide bonds. The quantitative estimate of drug-likeness (QED) is 0.559. The van der Waals surface area contributed by atoms with Crippen LogP contribution in [0.4, 0.5) is 0 Å².